The number of imidazole rings is 1. The minimum atomic E-state index is -0.129. The van der Waals surface area contributed by atoms with Gasteiger partial charge in [0, 0.05) is 30.4 Å². The highest BCUT2D eigenvalue weighted by molar-refractivity contribution is 7.17. The van der Waals surface area contributed by atoms with Gasteiger partial charge in [-0.15, -0.1) is 11.3 Å². The lowest BCUT2D eigenvalue weighted by molar-refractivity contribution is 0.590. The molecule has 0 fully saturated rings. The quantitative estimate of drug-likeness (QED) is 0.575. The number of fused-ring (bicyclic) bond motifs is 1. The molecule has 26 heavy (non-hydrogen) atoms. The first-order valence-electron chi connectivity index (χ1n) is 8.45. The highest BCUT2D eigenvalue weighted by atomic mass is 32.1. The number of aromatic nitrogens is 4. The van der Waals surface area contributed by atoms with E-state index in [1.165, 1.54) is 16.9 Å². The van der Waals surface area contributed by atoms with Gasteiger partial charge in [-0.2, -0.15) is 0 Å². The molecule has 132 valence electrons. The molecule has 1 aromatic carbocycles. The Morgan fingerprint density at radius 3 is 2.50 bits per heavy atom. The molecule has 6 heteroatoms. The van der Waals surface area contributed by atoms with Crippen molar-refractivity contribution in [2.24, 2.45) is 7.05 Å². The third kappa shape index (κ3) is 2.76. The molecule has 0 aliphatic rings. The van der Waals surface area contributed by atoms with E-state index < -0.39 is 0 Å². The molecule has 0 amide bonds. The number of aryl methyl sites for hydroxylation is 1. The highest BCUT2D eigenvalue weighted by Crippen LogP contribution is 2.33. The predicted molar refractivity (Wildman–Crippen MR) is 107 cm³/mol. The van der Waals surface area contributed by atoms with E-state index in [0.29, 0.717) is 16.3 Å². The van der Waals surface area contributed by atoms with Crippen molar-refractivity contribution in [3.63, 3.8) is 0 Å². The van der Waals surface area contributed by atoms with Gasteiger partial charge in [0.25, 0.3) is 5.56 Å². The summed E-state index contributed by atoms with van der Waals surface area (Å²) in [5.74, 6) is 1.13. The molecule has 0 aliphatic heterocycles. The van der Waals surface area contributed by atoms with Gasteiger partial charge in [0.2, 0.25) is 0 Å². The number of rotatable bonds is 2. The zero-order valence-electron chi connectivity index (χ0n) is 15.2. The molecule has 0 unspecified atom stereocenters. The van der Waals surface area contributed by atoms with Gasteiger partial charge in [-0.05, 0) is 16.5 Å². The largest absolute Gasteiger partial charge is 0.331 e. The van der Waals surface area contributed by atoms with E-state index in [0.717, 1.165) is 16.6 Å². The van der Waals surface area contributed by atoms with Gasteiger partial charge < -0.3 is 9.55 Å². The van der Waals surface area contributed by atoms with Gasteiger partial charge in [-0.25, -0.2) is 9.97 Å². The Balaban J connectivity index is 1.88. The van der Waals surface area contributed by atoms with Crippen LogP contribution in [-0.2, 0) is 12.5 Å². The first-order valence-corrected chi connectivity index (χ1v) is 9.33. The molecule has 4 rings (SSSR count). The van der Waals surface area contributed by atoms with Gasteiger partial charge in [0.15, 0.2) is 11.6 Å². The van der Waals surface area contributed by atoms with Crippen LogP contribution in [0, 0.1) is 0 Å². The summed E-state index contributed by atoms with van der Waals surface area (Å²) in [5, 5.41) is 2.00. The molecule has 4 aromatic rings. The number of hydrogen-bond donors (Lipinski definition) is 1. The lowest BCUT2D eigenvalue weighted by Gasteiger charge is -2.19. The van der Waals surface area contributed by atoms with Crippen molar-refractivity contribution < 1.29 is 0 Å². The molecule has 0 saturated heterocycles. The van der Waals surface area contributed by atoms with E-state index >= 15 is 0 Å². The van der Waals surface area contributed by atoms with Crippen LogP contribution in [0.3, 0.4) is 0 Å². The molecule has 0 saturated carbocycles. The van der Waals surface area contributed by atoms with Crippen LogP contribution in [0.15, 0.2) is 46.8 Å². The summed E-state index contributed by atoms with van der Waals surface area (Å²) in [6, 6.07) is 8.49. The van der Waals surface area contributed by atoms with Crippen molar-refractivity contribution in [1.82, 2.24) is 19.5 Å². The molecule has 3 aromatic heterocycles. The second-order valence-electron chi connectivity index (χ2n) is 7.43. The van der Waals surface area contributed by atoms with Crippen LogP contribution in [0.2, 0.25) is 0 Å². The Labute approximate surface area is 155 Å². The van der Waals surface area contributed by atoms with Gasteiger partial charge in [-0.3, -0.25) is 4.79 Å². The number of H-pyrrole nitrogens is 1. The molecule has 0 spiro atoms. The maximum atomic E-state index is 12.5. The summed E-state index contributed by atoms with van der Waals surface area (Å²) >= 11 is 1.42. The van der Waals surface area contributed by atoms with Gasteiger partial charge >= 0.3 is 0 Å². The lowest BCUT2D eigenvalue weighted by Crippen LogP contribution is -2.10. The topological polar surface area (TPSA) is 63.6 Å². The van der Waals surface area contributed by atoms with E-state index in [4.69, 9.17) is 4.98 Å². The number of thiophene rings is 1. The van der Waals surface area contributed by atoms with Crippen LogP contribution in [0.1, 0.15) is 26.3 Å². The Morgan fingerprint density at radius 2 is 1.88 bits per heavy atom. The Hall–Kier alpha value is -2.73. The minimum Gasteiger partial charge on any atom is -0.331 e. The molecular formula is C20H20N4OS. The predicted octanol–water partition coefficient (Wildman–Crippen LogP) is 4.35. The van der Waals surface area contributed by atoms with Crippen molar-refractivity contribution >= 4 is 21.6 Å². The first-order chi connectivity index (χ1) is 12.3. The third-order valence-electron chi connectivity index (χ3n) is 4.52. The van der Waals surface area contributed by atoms with Gasteiger partial charge in [-0.1, -0.05) is 45.0 Å². The zero-order chi connectivity index (χ0) is 18.5. The summed E-state index contributed by atoms with van der Waals surface area (Å²) in [4.78, 5) is 24.4. The summed E-state index contributed by atoms with van der Waals surface area (Å²) in [6.07, 6.45) is 3.53. The van der Waals surface area contributed by atoms with Crippen molar-refractivity contribution in [2.45, 2.75) is 26.2 Å². The smallest absolute Gasteiger partial charge is 0.269 e. The Kier molecular flexibility index (Phi) is 3.80. The van der Waals surface area contributed by atoms with Crippen LogP contribution in [-0.4, -0.2) is 19.5 Å². The number of benzene rings is 1. The van der Waals surface area contributed by atoms with E-state index in [1.807, 2.05) is 23.2 Å². The maximum Gasteiger partial charge on any atom is 0.269 e. The van der Waals surface area contributed by atoms with Crippen LogP contribution < -0.4 is 5.56 Å². The van der Waals surface area contributed by atoms with Gasteiger partial charge in [0.1, 0.15) is 4.70 Å². The lowest BCUT2D eigenvalue weighted by atomic mass is 9.86. The fourth-order valence-corrected chi connectivity index (χ4v) is 3.89. The fourth-order valence-electron chi connectivity index (χ4n) is 2.98. The Morgan fingerprint density at radius 1 is 1.15 bits per heavy atom. The third-order valence-corrected chi connectivity index (χ3v) is 5.49. The monoisotopic (exact) mass is 364 g/mol. The highest BCUT2D eigenvalue weighted by Gasteiger charge is 2.17. The van der Waals surface area contributed by atoms with Crippen molar-refractivity contribution in [3.05, 3.63) is 58.0 Å². The van der Waals surface area contributed by atoms with E-state index in [1.54, 1.807) is 6.20 Å². The average Bonchev–Trinajstić information content (AvgIpc) is 3.20. The van der Waals surface area contributed by atoms with E-state index in [2.05, 4.69) is 55.0 Å². The normalized spacial score (nSPS) is 12.0. The fraction of sp³-hybridized carbons (Fsp3) is 0.250. The molecule has 0 atom stereocenters. The zero-order valence-corrected chi connectivity index (χ0v) is 16.0. The maximum absolute atomic E-state index is 12.5. The second kappa shape index (κ2) is 5.92. The molecular weight excluding hydrogens is 344 g/mol. The van der Waals surface area contributed by atoms with Crippen LogP contribution in [0.4, 0.5) is 0 Å². The number of aromatic amines is 1. The summed E-state index contributed by atoms with van der Waals surface area (Å²) < 4.78 is 2.48. The average molecular weight is 364 g/mol. The standard InChI is InChI=1S/C20H20N4OS/c1-20(2,3)13-7-5-12(6-8-13)14-11-26-16-15(14)22-17(23-19(16)25)18-21-9-10-24(18)4/h5-11H,1-4H3,(H,22,23,25). The van der Waals surface area contributed by atoms with Crippen LogP contribution >= 0.6 is 11.3 Å². The molecule has 3 heterocycles. The molecule has 1 N–H and O–H groups in total. The Bertz CT molecular complexity index is 1140. The van der Waals surface area contributed by atoms with Crippen molar-refractivity contribution in [2.75, 3.05) is 0 Å². The van der Waals surface area contributed by atoms with Gasteiger partial charge in [0.05, 0.1) is 5.52 Å². The number of hydrogen-bond acceptors (Lipinski definition) is 4. The van der Waals surface area contributed by atoms with Crippen molar-refractivity contribution in [1.29, 1.82) is 0 Å². The van der Waals surface area contributed by atoms with Crippen LogP contribution in [0.5, 0.6) is 0 Å². The summed E-state index contributed by atoms with van der Waals surface area (Å²) in [6.45, 7) is 6.59. The molecule has 0 bridgehead atoms. The number of nitrogens with one attached hydrogen (secondary N) is 1. The first kappa shape index (κ1) is 16.7. The van der Waals surface area contributed by atoms with Crippen LogP contribution in [0.25, 0.3) is 33.0 Å². The van der Waals surface area contributed by atoms with E-state index in [9.17, 15) is 4.79 Å². The number of nitrogens with zero attached hydrogens (tertiary/aromatic N) is 3. The molecule has 5 nitrogen and oxygen atoms in total. The SMILES string of the molecule is Cn1ccnc1-c1nc2c(-c3ccc(C(C)(C)C)cc3)csc2c(=O)[nH]1. The summed E-state index contributed by atoms with van der Waals surface area (Å²) in [5.41, 5.74) is 4.02. The second-order valence-corrected chi connectivity index (χ2v) is 8.31. The summed E-state index contributed by atoms with van der Waals surface area (Å²) in [7, 11) is 1.88. The van der Waals surface area contributed by atoms with Crippen molar-refractivity contribution in [3.8, 4) is 22.8 Å². The molecule has 0 aliphatic carbocycles. The minimum absolute atomic E-state index is 0.107. The van der Waals surface area contributed by atoms with E-state index in [-0.39, 0.29) is 11.0 Å². The molecule has 0 radical (unpaired) electrons.